The maximum atomic E-state index is 14.8. The number of alkyl halides is 6. The molecule has 11 nitrogen and oxygen atoms in total. The molecule has 6 aromatic rings. The number of nitrogens with zero attached hydrogens (tertiary/aromatic N) is 4. The van der Waals surface area contributed by atoms with Crippen LogP contribution in [-0.2, 0) is 59.3 Å². The highest BCUT2D eigenvalue weighted by Gasteiger charge is 2.55. The summed E-state index contributed by atoms with van der Waals surface area (Å²) >= 11 is 0. The van der Waals surface area contributed by atoms with Gasteiger partial charge in [0.2, 0.25) is 5.91 Å². The third kappa shape index (κ3) is 8.48. The fourth-order valence-corrected chi connectivity index (χ4v) is 11.0. The molecule has 17 heteroatoms. The molecular weight excluding hydrogens is 927 g/mol. The zero-order valence-electron chi connectivity index (χ0n) is 38.5. The van der Waals surface area contributed by atoms with E-state index in [2.05, 4.69) is 9.97 Å². The quantitative estimate of drug-likeness (QED) is 0.0997. The number of aliphatic hydroxyl groups excluding tert-OH is 2. The number of H-pyrrole nitrogens is 2. The molecule has 1 unspecified atom stereocenters. The molecule has 3 fully saturated rings. The first-order chi connectivity index (χ1) is 33.9. The van der Waals surface area contributed by atoms with Gasteiger partial charge < -0.3 is 25.1 Å². The van der Waals surface area contributed by atoms with Crippen LogP contribution in [0.2, 0.25) is 0 Å². The maximum absolute atomic E-state index is 14.8. The molecule has 368 valence electrons. The van der Waals surface area contributed by atoms with Crippen LogP contribution in [0.5, 0.6) is 0 Å². The molecule has 3 aliphatic carbocycles. The van der Waals surface area contributed by atoms with Crippen molar-refractivity contribution in [1.82, 2.24) is 29.7 Å². The van der Waals surface area contributed by atoms with E-state index < -0.39 is 69.1 Å². The van der Waals surface area contributed by atoms with Gasteiger partial charge in [0.25, 0.3) is 11.1 Å². The van der Waals surface area contributed by atoms with Gasteiger partial charge in [-0.2, -0.15) is 26.3 Å². The topological polar surface area (TPSA) is 156 Å². The molecule has 71 heavy (non-hydrogen) atoms. The van der Waals surface area contributed by atoms with E-state index in [-0.39, 0.29) is 61.3 Å². The van der Waals surface area contributed by atoms with Crippen molar-refractivity contribution >= 4 is 5.91 Å². The third-order valence-corrected chi connectivity index (χ3v) is 15.6. The van der Waals surface area contributed by atoms with Crippen LogP contribution in [0.15, 0.2) is 107 Å². The van der Waals surface area contributed by atoms with Gasteiger partial charge in [-0.25, -0.2) is 9.97 Å². The largest absolute Gasteiger partial charge is 0.416 e. The molecule has 4 heterocycles. The summed E-state index contributed by atoms with van der Waals surface area (Å²) in [6.45, 7) is 0.0986. The number of nitrogens with one attached hydrogen (secondary N) is 2. The number of carbonyl (C=O) groups excluding carboxylic acids is 1. The molecule has 0 bridgehead atoms. The van der Waals surface area contributed by atoms with Gasteiger partial charge in [-0.1, -0.05) is 66.7 Å². The van der Waals surface area contributed by atoms with Gasteiger partial charge in [0.1, 0.15) is 24.0 Å². The number of hydrogen-bond acceptors (Lipinski definition) is 8. The highest BCUT2D eigenvalue weighted by Crippen LogP contribution is 2.54. The zero-order valence-corrected chi connectivity index (χ0v) is 38.5. The first-order valence-corrected chi connectivity index (χ1v) is 24.1. The molecule has 2 atom stereocenters. The van der Waals surface area contributed by atoms with Crippen LogP contribution in [0.4, 0.5) is 26.3 Å². The summed E-state index contributed by atoms with van der Waals surface area (Å²) in [5.41, 5.74) is -2.95. The summed E-state index contributed by atoms with van der Waals surface area (Å²) < 4.78 is 88.7. The number of hydrogen-bond donors (Lipinski definition) is 4. The maximum Gasteiger partial charge on any atom is 0.416 e. The first-order valence-electron chi connectivity index (χ1n) is 24.1. The van der Waals surface area contributed by atoms with Crippen LogP contribution in [0.25, 0.3) is 11.1 Å². The fraction of sp³-hybridized carbons (Fsp3) is 0.389. The summed E-state index contributed by atoms with van der Waals surface area (Å²) in [5.74, 6) is 0.524. The van der Waals surface area contributed by atoms with E-state index in [9.17, 15) is 50.9 Å². The lowest BCUT2D eigenvalue weighted by Gasteiger charge is -2.30. The fourth-order valence-electron chi connectivity index (χ4n) is 11.0. The average molecular weight is 977 g/mol. The summed E-state index contributed by atoms with van der Waals surface area (Å²) in [5, 5.41) is 23.5. The predicted molar refractivity (Wildman–Crippen MR) is 249 cm³/mol. The highest BCUT2D eigenvalue weighted by molar-refractivity contribution is 5.92. The van der Waals surface area contributed by atoms with Crippen molar-refractivity contribution in [2.75, 3.05) is 13.1 Å². The lowest BCUT2D eigenvalue weighted by Crippen LogP contribution is -2.40. The van der Waals surface area contributed by atoms with Crippen molar-refractivity contribution in [3.8, 4) is 11.1 Å². The molecule has 3 saturated carbocycles. The molecule has 2 aliphatic heterocycles. The molecule has 4 N–H and O–H groups in total. The van der Waals surface area contributed by atoms with Crippen molar-refractivity contribution in [3.05, 3.63) is 185 Å². The van der Waals surface area contributed by atoms with E-state index in [1.807, 2.05) is 60.7 Å². The molecule has 0 saturated heterocycles. The second-order valence-corrected chi connectivity index (χ2v) is 20.1. The predicted octanol–water partition coefficient (Wildman–Crippen LogP) is 8.52. The lowest BCUT2D eigenvalue weighted by molar-refractivity contribution is -0.138. The number of rotatable bonds is 10. The number of aliphatic hydroxyl groups is 2. The molecule has 4 aromatic carbocycles. The minimum Gasteiger partial charge on any atom is -0.384 e. The van der Waals surface area contributed by atoms with Crippen LogP contribution in [0, 0.1) is 0 Å². The van der Waals surface area contributed by atoms with E-state index in [4.69, 9.17) is 9.97 Å². The normalized spacial score (nSPS) is 19.9. The van der Waals surface area contributed by atoms with Gasteiger partial charge in [-0.15, -0.1) is 0 Å². The molecule has 1 amide bonds. The van der Waals surface area contributed by atoms with Crippen molar-refractivity contribution in [2.24, 2.45) is 0 Å². The third-order valence-electron chi connectivity index (χ3n) is 15.6. The number of aromatic amines is 2. The summed E-state index contributed by atoms with van der Waals surface area (Å²) in [7, 11) is 0. The lowest BCUT2D eigenvalue weighted by atomic mass is 9.88. The second-order valence-electron chi connectivity index (χ2n) is 20.1. The Morgan fingerprint density at radius 1 is 0.606 bits per heavy atom. The summed E-state index contributed by atoms with van der Waals surface area (Å²) in [6.07, 6.45) is -8.89. The van der Waals surface area contributed by atoms with E-state index >= 15 is 0 Å². The Kier molecular flexibility index (Phi) is 11.3. The number of aromatic nitrogens is 4. The monoisotopic (exact) mass is 976 g/mol. The van der Waals surface area contributed by atoms with E-state index in [1.165, 1.54) is 15.9 Å². The standard InChI is InChI=1S/C54H50F6N6O5/c55-53(56,57)37-25-31(23-33(27-37)43(67)46(70)65-21-7-13-39-42(30-65)62-48(63-44(39)68)51(17-18-51)35-11-5-2-6-12-35)32-24-36(28-38(26-32)54(58,59)60)52(19-20-52)49(71)66-22-8-14-41-40(29-66)45(69)64-47(61-41)50(15-16-50)34-9-3-1-4-10-34/h1-6,9-12,23-28,43,46,67,70H,7-8,13-22,29-30H2,(H,61,64,69)(H,62,63,68)/t43-,46?/m1/s1. The van der Waals surface area contributed by atoms with Gasteiger partial charge in [-0.3, -0.25) is 19.3 Å². The van der Waals surface area contributed by atoms with Crippen molar-refractivity contribution in [1.29, 1.82) is 0 Å². The van der Waals surface area contributed by atoms with Crippen LogP contribution < -0.4 is 11.1 Å². The SMILES string of the molecule is O=C(N1CCCc2nc(C3(c4ccccc4)CC3)[nH]c(=O)c2C1)C1(c2cc(-c3cc([C@@H](O)C(O)N4CCCc5c(nc(C6(c7ccccc7)CC6)[nH]c5=O)C4)cc(C(F)(F)F)c3)cc(C(F)(F)F)c2)CC1. The molecule has 5 aliphatic rings. The van der Waals surface area contributed by atoms with Crippen LogP contribution in [0.3, 0.4) is 0 Å². The van der Waals surface area contributed by atoms with E-state index in [0.29, 0.717) is 78.0 Å². The number of fused-ring (bicyclic) bond motifs is 2. The van der Waals surface area contributed by atoms with Crippen LogP contribution >= 0.6 is 0 Å². The summed E-state index contributed by atoms with van der Waals surface area (Å²) in [4.78, 5) is 60.6. The average Bonchev–Trinajstić information content (AvgIpc) is 4.20. The van der Waals surface area contributed by atoms with Gasteiger partial charge in [0.15, 0.2) is 0 Å². The Labute approximate surface area is 403 Å². The molecule has 2 aromatic heterocycles. The second kappa shape index (κ2) is 17.1. The zero-order chi connectivity index (χ0) is 49.7. The van der Waals surface area contributed by atoms with Crippen molar-refractivity contribution < 1.29 is 41.4 Å². The van der Waals surface area contributed by atoms with Gasteiger partial charge in [0.05, 0.1) is 50.9 Å². The molecule has 0 spiro atoms. The number of amides is 1. The van der Waals surface area contributed by atoms with Gasteiger partial charge in [-0.05, 0) is 128 Å². The van der Waals surface area contributed by atoms with Crippen molar-refractivity contribution in [3.63, 3.8) is 0 Å². The van der Waals surface area contributed by atoms with Crippen LogP contribution in [-0.4, -0.2) is 65.2 Å². The van der Waals surface area contributed by atoms with Crippen molar-refractivity contribution in [2.45, 2.75) is 118 Å². The molecular formula is C54H50F6N6O5. The minimum absolute atomic E-state index is 0.0393. The van der Waals surface area contributed by atoms with Gasteiger partial charge in [0, 0.05) is 25.2 Å². The Hall–Kier alpha value is -6.43. The number of halogens is 6. The minimum atomic E-state index is -5.02. The van der Waals surface area contributed by atoms with E-state index in [0.717, 1.165) is 48.9 Å². The number of aryl methyl sites for hydroxylation is 1. The Morgan fingerprint density at radius 2 is 1.14 bits per heavy atom. The van der Waals surface area contributed by atoms with Crippen LogP contribution in [0.1, 0.15) is 125 Å². The number of benzene rings is 4. The van der Waals surface area contributed by atoms with Gasteiger partial charge >= 0.3 is 12.4 Å². The smallest absolute Gasteiger partial charge is 0.384 e. The highest BCUT2D eigenvalue weighted by atomic mass is 19.4. The Morgan fingerprint density at radius 3 is 1.70 bits per heavy atom. The Bertz CT molecular complexity index is 3180. The first kappa shape index (κ1) is 46.9. The molecule has 11 rings (SSSR count). The molecule has 0 radical (unpaired) electrons. The summed E-state index contributed by atoms with van der Waals surface area (Å²) in [6, 6.07) is 24.7. The van der Waals surface area contributed by atoms with E-state index in [1.54, 1.807) is 0 Å². The Balaban J connectivity index is 0.895. The number of carbonyl (C=O) groups is 1.